The number of nitrogens with two attached hydrogens (primary N) is 1. The van der Waals surface area contributed by atoms with Crippen LogP contribution >= 0.6 is 11.8 Å². The Balaban J connectivity index is 1.76. The minimum absolute atomic E-state index is 0.0251. The summed E-state index contributed by atoms with van der Waals surface area (Å²) in [5.74, 6) is -0.333. The first-order chi connectivity index (χ1) is 20.1. The van der Waals surface area contributed by atoms with Gasteiger partial charge in [0.2, 0.25) is 22.8 Å². The minimum Gasteiger partial charge on any atom is -0.497 e. The van der Waals surface area contributed by atoms with Gasteiger partial charge in [-0.2, -0.15) is 0 Å². The summed E-state index contributed by atoms with van der Waals surface area (Å²) < 4.78 is 22.2. The Kier molecular flexibility index (Phi) is 13.7. The average molecular weight is 625 g/mol. The molecule has 0 radical (unpaired) electrons. The van der Waals surface area contributed by atoms with Gasteiger partial charge < -0.3 is 40.6 Å². The van der Waals surface area contributed by atoms with Gasteiger partial charge in [-0.1, -0.05) is 37.7 Å². The molecule has 13 nitrogen and oxygen atoms in total. The van der Waals surface area contributed by atoms with Gasteiger partial charge >= 0.3 is 6.09 Å². The van der Waals surface area contributed by atoms with Gasteiger partial charge in [-0.05, 0) is 39.3 Å². The van der Waals surface area contributed by atoms with Crippen LogP contribution in [0.2, 0.25) is 0 Å². The summed E-state index contributed by atoms with van der Waals surface area (Å²) in [5.41, 5.74) is 4.60. The summed E-state index contributed by atoms with van der Waals surface area (Å²) in [4.78, 5) is 61.2. The highest BCUT2D eigenvalue weighted by molar-refractivity contribution is 8.13. The molecule has 1 aromatic carbocycles. The second-order valence-electron chi connectivity index (χ2n) is 11.7. The summed E-state index contributed by atoms with van der Waals surface area (Å²) in [5, 5.41) is 7.54. The van der Waals surface area contributed by atoms with Gasteiger partial charge in [-0.15, -0.1) is 0 Å². The van der Waals surface area contributed by atoms with Crippen molar-refractivity contribution >= 4 is 40.7 Å². The van der Waals surface area contributed by atoms with Crippen molar-refractivity contribution in [3.05, 3.63) is 29.8 Å². The van der Waals surface area contributed by atoms with Crippen LogP contribution in [0, 0.1) is 5.41 Å². The Morgan fingerprint density at radius 2 is 1.74 bits per heavy atom. The molecule has 0 bridgehead atoms. The van der Waals surface area contributed by atoms with Crippen LogP contribution in [0.1, 0.15) is 65.7 Å². The van der Waals surface area contributed by atoms with Gasteiger partial charge in [-0.3, -0.25) is 19.2 Å². The van der Waals surface area contributed by atoms with Gasteiger partial charge in [0.25, 0.3) is 0 Å². The van der Waals surface area contributed by atoms with Crippen molar-refractivity contribution in [1.82, 2.24) is 16.0 Å². The Labute approximate surface area is 256 Å². The third kappa shape index (κ3) is 12.8. The van der Waals surface area contributed by atoms with Crippen LogP contribution in [0.5, 0.6) is 5.75 Å². The molecule has 1 fully saturated rings. The highest BCUT2D eigenvalue weighted by Gasteiger charge is 2.43. The Morgan fingerprint density at radius 1 is 1.07 bits per heavy atom. The van der Waals surface area contributed by atoms with Gasteiger partial charge in [0.15, 0.2) is 6.29 Å². The normalized spacial score (nSPS) is 18.6. The topological polar surface area (TPSA) is 184 Å². The summed E-state index contributed by atoms with van der Waals surface area (Å²) in [6.07, 6.45) is -2.33. The van der Waals surface area contributed by atoms with Crippen LogP contribution in [0.4, 0.5) is 4.79 Å². The van der Waals surface area contributed by atoms with E-state index in [0.29, 0.717) is 12.4 Å². The number of carbonyl (C=O) groups excluding carboxylic acids is 5. The smallest absolute Gasteiger partial charge is 0.408 e. The number of ether oxygens (including phenoxy) is 4. The highest BCUT2D eigenvalue weighted by atomic mass is 32.2. The fourth-order valence-electron chi connectivity index (χ4n) is 3.97. The van der Waals surface area contributed by atoms with Crippen molar-refractivity contribution in [1.29, 1.82) is 0 Å². The molecule has 1 saturated heterocycles. The number of carbonyl (C=O) groups is 5. The highest BCUT2D eigenvalue weighted by Crippen LogP contribution is 2.37. The number of benzene rings is 1. The van der Waals surface area contributed by atoms with Gasteiger partial charge in [0, 0.05) is 42.7 Å². The quantitative estimate of drug-likeness (QED) is 0.224. The number of hydrogen-bond donors (Lipinski definition) is 4. The lowest BCUT2D eigenvalue weighted by atomic mass is 9.85. The lowest BCUT2D eigenvalue weighted by Crippen LogP contribution is -2.52. The summed E-state index contributed by atoms with van der Waals surface area (Å²) >= 11 is 0.905. The van der Waals surface area contributed by atoms with E-state index in [0.717, 1.165) is 17.3 Å². The Bertz CT molecular complexity index is 1120. The third-order valence-electron chi connectivity index (χ3n) is 6.18. The Morgan fingerprint density at radius 3 is 2.35 bits per heavy atom. The van der Waals surface area contributed by atoms with Crippen molar-refractivity contribution in [2.75, 3.05) is 32.6 Å². The molecule has 1 unspecified atom stereocenters. The van der Waals surface area contributed by atoms with E-state index < -0.39 is 41.5 Å². The fourth-order valence-corrected chi connectivity index (χ4v) is 4.76. The van der Waals surface area contributed by atoms with E-state index in [1.54, 1.807) is 40.0 Å². The zero-order valence-corrected chi connectivity index (χ0v) is 26.5. The number of hydrogen-bond acceptors (Lipinski definition) is 10. The molecule has 1 aromatic rings. The molecule has 1 aliphatic rings. The first-order valence-corrected chi connectivity index (χ1v) is 15.0. The van der Waals surface area contributed by atoms with Gasteiger partial charge in [-0.25, -0.2) is 4.79 Å². The second kappa shape index (κ2) is 16.5. The molecule has 5 N–H and O–H groups in total. The summed E-state index contributed by atoms with van der Waals surface area (Å²) in [7, 11) is 1.57. The Hall–Kier alpha value is -3.36. The molecule has 14 heteroatoms. The first-order valence-electron chi connectivity index (χ1n) is 14.0. The zero-order chi connectivity index (χ0) is 32.2. The van der Waals surface area contributed by atoms with E-state index in [1.165, 1.54) is 0 Å². The van der Waals surface area contributed by atoms with Crippen molar-refractivity contribution in [2.24, 2.45) is 11.1 Å². The maximum atomic E-state index is 13.0. The molecular weight excluding hydrogens is 580 g/mol. The van der Waals surface area contributed by atoms with Gasteiger partial charge in [0.1, 0.15) is 23.5 Å². The lowest BCUT2D eigenvalue weighted by molar-refractivity contribution is -0.258. The summed E-state index contributed by atoms with van der Waals surface area (Å²) in [6, 6.07) is 6.22. The zero-order valence-electron chi connectivity index (χ0n) is 25.7. The van der Waals surface area contributed by atoms with E-state index in [1.807, 2.05) is 26.0 Å². The SMILES string of the molecule is COc1ccc(C2OCC(C)(C)[C@H](C(=O)NCCC(=O)NCCSC(=O)[C@H](CCC(N)=O)NC(=O)OC(C)(C)C)O2)cc1. The predicted octanol–water partition coefficient (Wildman–Crippen LogP) is 2.18. The van der Waals surface area contributed by atoms with E-state index in [-0.39, 0.29) is 55.0 Å². The van der Waals surface area contributed by atoms with E-state index >= 15 is 0 Å². The van der Waals surface area contributed by atoms with Crippen LogP contribution in [-0.2, 0) is 33.4 Å². The largest absolute Gasteiger partial charge is 0.497 e. The van der Waals surface area contributed by atoms with E-state index in [4.69, 9.17) is 24.7 Å². The lowest BCUT2D eigenvalue weighted by Gasteiger charge is -2.41. The maximum Gasteiger partial charge on any atom is 0.408 e. The molecule has 3 atom stereocenters. The molecule has 4 amide bonds. The predicted molar refractivity (Wildman–Crippen MR) is 160 cm³/mol. The molecular formula is C29H44N4O9S. The van der Waals surface area contributed by atoms with Crippen LogP contribution in [0.25, 0.3) is 0 Å². The van der Waals surface area contributed by atoms with Crippen molar-refractivity contribution in [3.8, 4) is 5.75 Å². The van der Waals surface area contributed by atoms with Crippen molar-refractivity contribution in [2.45, 2.75) is 77.9 Å². The number of rotatable bonds is 14. The molecule has 0 aromatic heterocycles. The number of methoxy groups -OCH3 is 1. The number of primary amides is 1. The molecule has 2 rings (SSSR count). The number of amides is 4. The second-order valence-corrected chi connectivity index (χ2v) is 12.8. The van der Waals surface area contributed by atoms with Gasteiger partial charge in [0.05, 0.1) is 13.7 Å². The number of thioether (sulfide) groups is 1. The molecule has 1 heterocycles. The number of alkyl carbamates (subject to hydrolysis) is 1. The van der Waals surface area contributed by atoms with Crippen LogP contribution in [-0.4, -0.2) is 79.2 Å². The molecule has 0 aliphatic carbocycles. The van der Waals surface area contributed by atoms with Crippen molar-refractivity contribution < 1.29 is 42.9 Å². The molecule has 240 valence electrons. The van der Waals surface area contributed by atoms with Crippen LogP contribution in [0.3, 0.4) is 0 Å². The van der Waals surface area contributed by atoms with Crippen molar-refractivity contribution in [3.63, 3.8) is 0 Å². The minimum atomic E-state index is -0.973. The van der Waals surface area contributed by atoms with Crippen LogP contribution < -0.4 is 26.4 Å². The molecule has 0 saturated carbocycles. The molecule has 0 spiro atoms. The fraction of sp³-hybridized carbons (Fsp3) is 0.621. The standard InChI is InChI=1S/C29H44N4O9S/c1-28(2,3)42-27(38)33-20(11-12-21(30)34)25(37)43-16-15-31-22(35)13-14-32-24(36)23-29(4,5)17-40-26(41-23)18-7-9-19(39-6)10-8-18/h7-10,20,23,26H,11-17H2,1-6H3,(H2,30,34)(H,31,35)(H,32,36)(H,33,38)/t20-,23-,26?/m0/s1. The van der Waals surface area contributed by atoms with E-state index in [2.05, 4.69) is 16.0 Å². The third-order valence-corrected chi connectivity index (χ3v) is 7.15. The maximum absolute atomic E-state index is 13.0. The summed E-state index contributed by atoms with van der Waals surface area (Å²) in [6.45, 7) is 9.38. The molecule has 1 aliphatic heterocycles. The van der Waals surface area contributed by atoms with E-state index in [9.17, 15) is 24.0 Å². The number of nitrogens with one attached hydrogen (secondary N) is 3. The average Bonchev–Trinajstić information content (AvgIpc) is 2.92. The first kappa shape index (κ1) is 35.8. The monoisotopic (exact) mass is 624 g/mol. The van der Waals surface area contributed by atoms with Crippen LogP contribution in [0.15, 0.2) is 24.3 Å². The molecule has 43 heavy (non-hydrogen) atoms.